The molecule has 130 valence electrons. The molecule has 0 radical (unpaired) electrons. The molecule has 0 aliphatic heterocycles. The highest BCUT2D eigenvalue weighted by Gasteiger charge is 2.07. The van der Waals surface area contributed by atoms with Crippen molar-refractivity contribution in [2.45, 2.75) is 13.8 Å². The lowest BCUT2D eigenvalue weighted by Crippen LogP contribution is -2.25. The Kier molecular flexibility index (Phi) is 6.71. The number of hydrazone groups is 1. The summed E-state index contributed by atoms with van der Waals surface area (Å²) >= 11 is 0. The fourth-order valence-electron chi connectivity index (χ4n) is 1.97. The molecule has 0 bridgehead atoms. The molecule has 0 unspecified atom stereocenters. The number of nitrogens with one attached hydrogen (secondary N) is 1. The number of benzene rings is 2. The summed E-state index contributed by atoms with van der Waals surface area (Å²) in [5.41, 5.74) is 4.51. The molecule has 2 aromatic rings. The Morgan fingerprint density at radius 3 is 2.32 bits per heavy atom. The quantitative estimate of drug-likeness (QED) is 0.478. The molecular weight excluding hydrogens is 320 g/mol. The van der Waals surface area contributed by atoms with Crippen molar-refractivity contribution < 1.29 is 19.1 Å². The molecule has 2 aromatic carbocycles. The Bertz CT molecular complexity index is 740. The summed E-state index contributed by atoms with van der Waals surface area (Å²) in [7, 11) is 0. The molecule has 25 heavy (non-hydrogen) atoms. The molecule has 6 heteroatoms. The largest absolute Gasteiger partial charge is 0.484 e. The van der Waals surface area contributed by atoms with E-state index >= 15 is 0 Å². The standard InChI is InChI=1S/C19H20N2O4/c1-3-24-19(23)16-9-11-17(12-10-16)25-13-18(22)21-20-14(2)15-7-5-4-6-8-15/h4-12H,3,13H2,1-2H3,(H,21,22)/b20-14+. The number of carbonyl (C=O) groups is 2. The first kappa shape index (κ1) is 18.2. The van der Waals surface area contributed by atoms with Gasteiger partial charge in [0.1, 0.15) is 5.75 Å². The first-order chi connectivity index (χ1) is 12.1. The maximum absolute atomic E-state index is 11.8. The Labute approximate surface area is 146 Å². The molecule has 0 fully saturated rings. The number of carbonyl (C=O) groups excluding carboxylic acids is 2. The summed E-state index contributed by atoms with van der Waals surface area (Å²) in [6, 6.07) is 15.9. The zero-order valence-electron chi connectivity index (χ0n) is 14.2. The van der Waals surface area contributed by atoms with Crippen LogP contribution in [0.15, 0.2) is 59.7 Å². The van der Waals surface area contributed by atoms with E-state index in [0.29, 0.717) is 23.6 Å². The highest BCUT2D eigenvalue weighted by Crippen LogP contribution is 2.12. The molecule has 2 rings (SSSR count). The highest BCUT2D eigenvalue weighted by molar-refractivity contribution is 5.99. The third-order valence-electron chi connectivity index (χ3n) is 3.28. The Morgan fingerprint density at radius 1 is 1.00 bits per heavy atom. The third kappa shape index (κ3) is 5.76. The van der Waals surface area contributed by atoms with Crippen LogP contribution in [0.1, 0.15) is 29.8 Å². The Morgan fingerprint density at radius 2 is 1.68 bits per heavy atom. The number of rotatable bonds is 7. The van der Waals surface area contributed by atoms with E-state index in [4.69, 9.17) is 9.47 Å². The van der Waals surface area contributed by atoms with Gasteiger partial charge in [-0.3, -0.25) is 4.79 Å². The van der Waals surface area contributed by atoms with Crippen LogP contribution in [0.5, 0.6) is 5.75 Å². The van der Waals surface area contributed by atoms with Gasteiger partial charge < -0.3 is 9.47 Å². The maximum atomic E-state index is 11.8. The van der Waals surface area contributed by atoms with E-state index in [1.54, 1.807) is 31.2 Å². The van der Waals surface area contributed by atoms with E-state index in [1.165, 1.54) is 0 Å². The van der Waals surface area contributed by atoms with Gasteiger partial charge in [-0.25, -0.2) is 10.2 Å². The summed E-state index contributed by atoms with van der Waals surface area (Å²) in [6.07, 6.45) is 0. The Hall–Kier alpha value is -3.15. The van der Waals surface area contributed by atoms with Gasteiger partial charge in [0.05, 0.1) is 17.9 Å². The van der Waals surface area contributed by atoms with Gasteiger partial charge in [-0.05, 0) is 43.7 Å². The van der Waals surface area contributed by atoms with Gasteiger partial charge in [0.15, 0.2) is 6.61 Å². The van der Waals surface area contributed by atoms with Gasteiger partial charge in [0.2, 0.25) is 0 Å². The zero-order chi connectivity index (χ0) is 18.1. The van der Waals surface area contributed by atoms with Gasteiger partial charge in [-0.1, -0.05) is 30.3 Å². The SMILES string of the molecule is CCOC(=O)c1ccc(OCC(=O)N/N=C(\C)c2ccccc2)cc1. The van der Waals surface area contributed by atoms with Crippen molar-refractivity contribution in [3.63, 3.8) is 0 Å². The van der Waals surface area contributed by atoms with Gasteiger partial charge in [0.25, 0.3) is 5.91 Å². The minimum atomic E-state index is -0.391. The summed E-state index contributed by atoms with van der Waals surface area (Å²) in [5, 5.41) is 4.04. The van der Waals surface area contributed by atoms with Crippen molar-refractivity contribution in [1.82, 2.24) is 5.43 Å². The second-order valence-electron chi connectivity index (χ2n) is 5.13. The summed E-state index contributed by atoms with van der Waals surface area (Å²) in [6.45, 7) is 3.70. The predicted octanol–water partition coefficient (Wildman–Crippen LogP) is 2.78. The second kappa shape index (κ2) is 9.22. The number of hydrogen-bond acceptors (Lipinski definition) is 5. The van der Waals surface area contributed by atoms with Gasteiger partial charge >= 0.3 is 5.97 Å². The smallest absolute Gasteiger partial charge is 0.338 e. The first-order valence-corrected chi connectivity index (χ1v) is 7.88. The predicted molar refractivity (Wildman–Crippen MR) is 94.7 cm³/mol. The van der Waals surface area contributed by atoms with E-state index in [-0.39, 0.29) is 12.5 Å². The van der Waals surface area contributed by atoms with Crippen molar-refractivity contribution in [2.24, 2.45) is 5.10 Å². The van der Waals surface area contributed by atoms with Crippen molar-refractivity contribution in [3.05, 3.63) is 65.7 Å². The summed E-state index contributed by atoms with van der Waals surface area (Å²) in [5.74, 6) is -0.283. The molecule has 0 heterocycles. The van der Waals surface area contributed by atoms with Crippen molar-refractivity contribution >= 4 is 17.6 Å². The fourth-order valence-corrected chi connectivity index (χ4v) is 1.97. The van der Waals surface area contributed by atoms with Crippen LogP contribution in [0.3, 0.4) is 0 Å². The lowest BCUT2D eigenvalue weighted by atomic mass is 10.1. The Balaban J connectivity index is 1.83. The minimum absolute atomic E-state index is 0.176. The lowest BCUT2D eigenvalue weighted by molar-refractivity contribution is -0.123. The van der Waals surface area contributed by atoms with Crippen molar-refractivity contribution in [2.75, 3.05) is 13.2 Å². The van der Waals surface area contributed by atoms with E-state index in [0.717, 1.165) is 5.56 Å². The topological polar surface area (TPSA) is 77.0 Å². The molecule has 1 N–H and O–H groups in total. The number of esters is 1. The van der Waals surface area contributed by atoms with Crippen LogP contribution in [0, 0.1) is 0 Å². The average molecular weight is 340 g/mol. The molecule has 0 saturated heterocycles. The van der Waals surface area contributed by atoms with Crippen molar-refractivity contribution in [3.8, 4) is 5.75 Å². The van der Waals surface area contributed by atoms with Crippen LogP contribution >= 0.6 is 0 Å². The average Bonchev–Trinajstić information content (AvgIpc) is 2.65. The van der Waals surface area contributed by atoms with Crippen LogP contribution in [0.25, 0.3) is 0 Å². The molecule has 1 amide bonds. The molecule has 0 spiro atoms. The van der Waals surface area contributed by atoms with Crippen LogP contribution in [-0.2, 0) is 9.53 Å². The van der Waals surface area contributed by atoms with E-state index in [2.05, 4.69) is 10.5 Å². The second-order valence-corrected chi connectivity index (χ2v) is 5.13. The number of nitrogens with zero attached hydrogens (tertiary/aromatic N) is 1. The third-order valence-corrected chi connectivity index (χ3v) is 3.28. The monoisotopic (exact) mass is 340 g/mol. The molecule has 0 aliphatic carbocycles. The van der Waals surface area contributed by atoms with Gasteiger partial charge in [-0.15, -0.1) is 0 Å². The minimum Gasteiger partial charge on any atom is -0.484 e. The molecule has 0 atom stereocenters. The molecule has 0 aliphatic rings. The normalized spacial score (nSPS) is 10.9. The number of ether oxygens (including phenoxy) is 2. The van der Waals surface area contributed by atoms with Crippen molar-refractivity contribution in [1.29, 1.82) is 0 Å². The maximum Gasteiger partial charge on any atom is 0.338 e. The zero-order valence-corrected chi connectivity index (χ0v) is 14.2. The summed E-state index contributed by atoms with van der Waals surface area (Å²) in [4.78, 5) is 23.3. The van der Waals surface area contributed by atoms with Crippen LogP contribution in [-0.4, -0.2) is 30.8 Å². The van der Waals surface area contributed by atoms with E-state index in [9.17, 15) is 9.59 Å². The van der Waals surface area contributed by atoms with Gasteiger partial charge in [-0.2, -0.15) is 5.10 Å². The van der Waals surface area contributed by atoms with E-state index < -0.39 is 5.97 Å². The lowest BCUT2D eigenvalue weighted by Gasteiger charge is -2.07. The highest BCUT2D eigenvalue weighted by atomic mass is 16.5. The van der Waals surface area contributed by atoms with Gasteiger partial charge in [0, 0.05) is 0 Å². The number of amides is 1. The molecular formula is C19H20N2O4. The summed E-state index contributed by atoms with van der Waals surface area (Å²) < 4.78 is 10.3. The van der Waals surface area contributed by atoms with Crippen LogP contribution in [0.2, 0.25) is 0 Å². The molecule has 6 nitrogen and oxygen atoms in total. The first-order valence-electron chi connectivity index (χ1n) is 7.88. The fraction of sp³-hybridized carbons (Fsp3) is 0.211. The molecule has 0 saturated carbocycles. The van der Waals surface area contributed by atoms with Crippen LogP contribution < -0.4 is 10.2 Å². The number of hydrogen-bond donors (Lipinski definition) is 1. The van der Waals surface area contributed by atoms with Crippen LogP contribution in [0.4, 0.5) is 0 Å². The van der Waals surface area contributed by atoms with E-state index in [1.807, 2.05) is 37.3 Å². The molecule has 0 aromatic heterocycles.